The number of piperazine rings is 1. The van der Waals surface area contributed by atoms with E-state index in [0.717, 1.165) is 63.0 Å². The van der Waals surface area contributed by atoms with Crippen molar-refractivity contribution in [1.82, 2.24) is 14.9 Å². The summed E-state index contributed by atoms with van der Waals surface area (Å²) >= 11 is 0. The lowest BCUT2D eigenvalue weighted by molar-refractivity contribution is -0.131. The topological polar surface area (TPSA) is 61.4 Å². The Morgan fingerprint density at radius 2 is 1.92 bits per heavy atom. The van der Waals surface area contributed by atoms with Gasteiger partial charge in [0.25, 0.3) is 0 Å². The fraction of sp³-hybridized carbons (Fsp3) is 0.737. The van der Waals surface area contributed by atoms with Gasteiger partial charge in [0.1, 0.15) is 5.82 Å². The molecule has 1 saturated carbocycles. The number of hydrogen-bond donors (Lipinski definition) is 1. The van der Waals surface area contributed by atoms with E-state index in [4.69, 9.17) is 0 Å². The zero-order valence-electron chi connectivity index (χ0n) is 15.6. The summed E-state index contributed by atoms with van der Waals surface area (Å²) in [6.07, 6.45) is 7.15. The van der Waals surface area contributed by atoms with E-state index in [9.17, 15) is 4.79 Å². The second-order valence-electron chi connectivity index (χ2n) is 7.28. The fourth-order valence-corrected chi connectivity index (χ4v) is 3.92. The highest BCUT2D eigenvalue weighted by Gasteiger charge is 2.23. The molecule has 1 aliphatic heterocycles. The molecule has 2 heterocycles. The maximum absolute atomic E-state index is 12.5. The van der Waals surface area contributed by atoms with E-state index in [0.29, 0.717) is 11.9 Å². The number of hydrogen-bond acceptors (Lipinski definition) is 5. The van der Waals surface area contributed by atoms with Crippen molar-refractivity contribution in [1.29, 1.82) is 0 Å². The van der Waals surface area contributed by atoms with Crippen molar-refractivity contribution < 1.29 is 4.79 Å². The average Bonchev–Trinajstić information content (AvgIpc) is 3.13. The molecule has 25 heavy (non-hydrogen) atoms. The van der Waals surface area contributed by atoms with Gasteiger partial charge in [-0.2, -0.15) is 4.98 Å². The first-order valence-corrected chi connectivity index (χ1v) is 9.78. The van der Waals surface area contributed by atoms with Crippen LogP contribution in [0, 0.1) is 12.8 Å². The third-order valence-electron chi connectivity index (χ3n) is 5.37. The number of carbonyl (C=O) groups excluding carboxylic acids is 1. The van der Waals surface area contributed by atoms with Crippen LogP contribution < -0.4 is 10.2 Å². The highest BCUT2D eigenvalue weighted by Crippen LogP contribution is 2.28. The summed E-state index contributed by atoms with van der Waals surface area (Å²) in [6.45, 7) is 8.13. The first-order valence-electron chi connectivity index (χ1n) is 9.78. The number of amides is 1. The number of anilines is 2. The van der Waals surface area contributed by atoms with E-state index >= 15 is 0 Å². The van der Waals surface area contributed by atoms with Crippen molar-refractivity contribution >= 4 is 17.7 Å². The van der Waals surface area contributed by atoms with Crippen LogP contribution in [0.25, 0.3) is 0 Å². The van der Waals surface area contributed by atoms with Gasteiger partial charge in [0.05, 0.1) is 0 Å². The second-order valence-corrected chi connectivity index (χ2v) is 7.28. The Bertz CT molecular complexity index is 577. The van der Waals surface area contributed by atoms with Gasteiger partial charge in [-0.1, -0.05) is 25.7 Å². The molecule has 0 aromatic carbocycles. The molecule has 2 fully saturated rings. The number of carbonyl (C=O) groups is 1. The quantitative estimate of drug-likeness (QED) is 0.859. The largest absolute Gasteiger partial charge is 0.354 e. The van der Waals surface area contributed by atoms with Crippen LogP contribution in [-0.4, -0.2) is 53.5 Å². The maximum atomic E-state index is 12.5. The van der Waals surface area contributed by atoms with Crippen LogP contribution in [0.15, 0.2) is 6.07 Å². The van der Waals surface area contributed by atoms with Crippen LogP contribution in [0.1, 0.15) is 51.1 Å². The monoisotopic (exact) mass is 345 g/mol. The summed E-state index contributed by atoms with van der Waals surface area (Å²) in [5, 5.41) is 3.18. The zero-order valence-corrected chi connectivity index (χ0v) is 15.6. The minimum absolute atomic E-state index is 0.332. The van der Waals surface area contributed by atoms with Crippen LogP contribution in [0.4, 0.5) is 11.8 Å². The number of rotatable bonds is 6. The van der Waals surface area contributed by atoms with Gasteiger partial charge < -0.3 is 15.1 Å². The molecule has 0 atom stereocenters. The molecule has 1 N–H and O–H groups in total. The lowest BCUT2D eigenvalue weighted by Crippen LogP contribution is -2.49. The van der Waals surface area contributed by atoms with E-state index in [2.05, 4.69) is 20.2 Å². The van der Waals surface area contributed by atoms with Gasteiger partial charge in [-0.15, -0.1) is 0 Å². The summed E-state index contributed by atoms with van der Waals surface area (Å²) in [5.41, 5.74) is 0.969. The van der Waals surface area contributed by atoms with E-state index in [1.807, 2.05) is 24.8 Å². The predicted octanol–water partition coefficient (Wildman–Crippen LogP) is 2.84. The molecule has 1 saturated heterocycles. The predicted molar refractivity (Wildman–Crippen MR) is 101 cm³/mol. The van der Waals surface area contributed by atoms with Crippen molar-refractivity contribution in [3.63, 3.8) is 0 Å². The summed E-state index contributed by atoms with van der Waals surface area (Å²) in [6, 6.07) is 2.03. The summed E-state index contributed by atoms with van der Waals surface area (Å²) in [4.78, 5) is 25.8. The average molecular weight is 345 g/mol. The Hall–Kier alpha value is -1.85. The molecule has 2 aliphatic rings. The van der Waals surface area contributed by atoms with Crippen LogP contribution >= 0.6 is 0 Å². The number of nitrogens with zero attached hydrogens (tertiary/aromatic N) is 4. The lowest BCUT2D eigenvalue weighted by Gasteiger charge is -2.35. The number of aryl methyl sites for hydroxylation is 1. The van der Waals surface area contributed by atoms with Crippen LogP contribution in [0.5, 0.6) is 0 Å². The third kappa shape index (κ3) is 4.83. The first-order chi connectivity index (χ1) is 12.2. The molecule has 3 rings (SSSR count). The van der Waals surface area contributed by atoms with Crippen molar-refractivity contribution in [3.8, 4) is 0 Å². The molecule has 0 bridgehead atoms. The Labute approximate surface area is 151 Å². The summed E-state index contributed by atoms with van der Waals surface area (Å²) < 4.78 is 0. The molecular formula is C19H31N5O. The van der Waals surface area contributed by atoms with Gasteiger partial charge in [-0.25, -0.2) is 4.98 Å². The number of aromatic nitrogens is 2. The molecule has 1 aliphatic carbocycles. The van der Waals surface area contributed by atoms with Gasteiger partial charge in [0.2, 0.25) is 11.9 Å². The Balaban J connectivity index is 1.50. The molecule has 0 radical (unpaired) electrons. The Kier molecular flexibility index (Phi) is 6.10. The SMILES string of the molecule is CCNc1nc(C)cc(N2CCN(C(=O)CCC3CCCC3)CC2)n1. The van der Waals surface area contributed by atoms with Crippen LogP contribution in [0.2, 0.25) is 0 Å². The van der Waals surface area contributed by atoms with E-state index in [-0.39, 0.29) is 0 Å². The smallest absolute Gasteiger partial charge is 0.224 e. The molecular weight excluding hydrogens is 314 g/mol. The van der Waals surface area contributed by atoms with Gasteiger partial charge >= 0.3 is 0 Å². The molecule has 1 aromatic heterocycles. The van der Waals surface area contributed by atoms with Crippen molar-refractivity contribution in [2.45, 2.75) is 52.4 Å². The molecule has 1 aromatic rings. The highest BCUT2D eigenvalue weighted by molar-refractivity contribution is 5.76. The molecule has 0 spiro atoms. The van der Waals surface area contributed by atoms with Gasteiger partial charge in [-0.05, 0) is 26.2 Å². The highest BCUT2D eigenvalue weighted by atomic mass is 16.2. The summed E-state index contributed by atoms with van der Waals surface area (Å²) in [7, 11) is 0. The normalized spacial score (nSPS) is 18.6. The number of nitrogens with one attached hydrogen (secondary N) is 1. The van der Waals surface area contributed by atoms with Crippen molar-refractivity contribution in [2.24, 2.45) is 5.92 Å². The van der Waals surface area contributed by atoms with Crippen LogP contribution in [-0.2, 0) is 4.79 Å². The first kappa shape index (κ1) is 18.0. The third-order valence-corrected chi connectivity index (χ3v) is 5.37. The molecule has 6 heteroatoms. The molecule has 138 valence electrons. The fourth-order valence-electron chi connectivity index (χ4n) is 3.92. The van der Waals surface area contributed by atoms with E-state index < -0.39 is 0 Å². The molecule has 6 nitrogen and oxygen atoms in total. The van der Waals surface area contributed by atoms with Gasteiger partial charge in [0, 0.05) is 50.9 Å². The van der Waals surface area contributed by atoms with Crippen molar-refractivity contribution in [2.75, 3.05) is 42.9 Å². The lowest BCUT2D eigenvalue weighted by atomic mass is 10.0. The van der Waals surface area contributed by atoms with Crippen LogP contribution in [0.3, 0.4) is 0 Å². The zero-order chi connectivity index (χ0) is 17.6. The minimum atomic E-state index is 0.332. The van der Waals surface area contributed by atoms with Gasteiger partial charge in [0.15, 0.2) is 0 Å². The maximum Gasteiger partial charge on any atom is 0.224 e. The second kappa shape index (κ2) is 8.50. The summed E-state index contributed by atoms with van der Waals surface area (Å²) in [5.74, 6) is 2.77. The van der Waals surface area contributed by atoms with Gasteiger partial charge in [-0.3, -0.25) is 4.79 Å². The Morgan fingerprint density at radius 3 is 2.60 bits per heavy atom. The Morgan fingerprint density at radius 1 is 1.20 bits per heavy atom. The standard InChI is InChI=1S/C19H31N5O/c1-3-20-19-21-15(2)14-17(22-19)23-10-12-24(13-11-23)18(25)9-8-16-6-4-5-7-16/h14,16H,3-13H2,1-2H3,(H,20,21,22). The van der Waals surface area contributed by atoms with Crippen molar-refractivity contribution in [3.05, 3.63) is 11.8 Å². The van der Waals surface area contributed by atoms with E-state index in [1.165, 1.54) is 25.7 Å². The minimum Gasteiger partial charge on any atom is -0.354 e. The molecule has 1 amide bonds. The van der Waals surface area contributed by atoms with E-state index in [1.54, 1.807) is 0 Å². The molecule has 0 unspecified atom stereocenters.